The van der Waals surface area contributed by atoms with Crippen LogP contribution >= 0.6 is 0 Å². The summed E-state index contributed by atoms with van der Waals surface area (Å²) < 4.78 is 0. The van der Waals surface area contributed by atoms with Gasteiger partial charge >= 0.3 is 11.9 Å². The van der Waals surface area contributed by atoms with Crippen molar-refractivity contribution in [1.82, 2.24) is 16.0 Å². The molecule has 1 rings (SSSR count). The first-order valence-corrected chi connectivity index (χ1v) is 13.7. The number of carboxylic acids is 2. The summed E-state index contributed by atoms with van der Waals surface area (Å²) in [5.74, 6) is -5.41. The van der Waals surface area contributed by atoms with Gasteiger partial charge in [-0.1, -0.05) is 12.1 Å². The van der Waals surface area contributed by atoms with Gasteiger partial charge in [-0.25, -0.2) is 4.79 Å². The number of phenolic OH excluding ortho intramolecular Hbond substituents is 1. The number of guanidine groups is 2. The second-order valence-electron chi connectivity index (χ2n) is 9.83. The SMILES string of the molecule is NC(N)=NCCCC(N)C(=O)NC(CCC(=O)O)C(=O)NC(CCCN=C(N)N)C(=O)NC(Cc1ccc(O)cc1)C(=O)O. The predicted molar refractivity (Wildman–Crippen MR) is 160 cm³/mol. The molecule has 0 saturated carbocycles. The number of aromatic hydroxyl groups is 1. The van der Waals surface area contributed by atoms with Crippen molar-refractivity contribution in [3.05, 3.63) is 29.8 Å². The zero-order valence-electron chi connectivity index (χ0n) is 24.1. The molecule has 0 aliphatic carbocycles. The van der Waals surface area contributed by atoms with Crippen LogP contribution in [-0.2, 0) is 30.4 Å². The topological polar surface area (TPSA) is 337 Å². The number of carbonyl (C=O) groups excluding carboxylic acids is 3. The van der Waals surface area contributed by atoms with Crippen molar-refractivity contribution in [2.24, 2.45) is 38.7 Å². The van der Waals surface area contributed by atoms with E-state index >= 15 is 0 Å². The van der Waals surface area contributed by atoms with Crippen LogP contribution < -0.4 is 44.6 Å². The summed E-state index contributed by atoms with van der Waals surface area (Å²) in [7, 11) is 0. The smallest absolute Gasteiger partial charge is 0.326 e. The summed E-state index contributed by atoms with van der Waals surface area (Å²) in [5, 5.41) is 35.6. The Balaban J connectivity index is 3.08. The summed E-state index contributed by atoms with van der Waals surface area (Å²) in [6, 6.07) is 0.552. The molecule has 0 saturated heterocycles. The highest BCUT2D eigenvalue weighted by Gasteiger charge is 2.30. The van der Waals surface area contributed by atoms with Crippen molar-refractivity contribution < 1.29 is 39.3 Å². The second-order valence-corrected chi connectivity index (χ2v) is 9.83. The molecule has 4 atom stereocenters. The summed E-state index contributed by atoms with van der Waals surface area (Å²) in [5.41, 5.74) is 27.6. The van der Waals surface area contributed by atoms with Gasteiger partial charge in [-0.15, -0.1) is 0 Å². The molecule has 0 fully saturated rings. The van der Waals surface area contributed by atoms with Gasteiger partial charge in [0.2, 0.25) is 17.7 Å². The van der Waals surface area contributed by atoms with Crippen LogP contribution in [0.1, 0.15) is 44.1 Å². The molecule has 244 valence electrons. The molecule has 0 bridgehead atoms. The molecule has 0 aliphatic rings. The van der Waals surface area contributed by atoms with Gasteiger partial charge in [-0.05, 0) is 49.8 Å². The first kappa shape index (κ1) is 36.9. The molecule has 4 unspecified atom stereocenters. The molecule has 3 amide bonds. The van der Waals surface area contributed by atoms with E-state index in [1.165, 1.54) is 24.3 Å². The summed E-state index contributed by atoms with van der Waals surface area (Å²) in [6.07, 6.45) is -0.284. The van der Waals surface area contributed by atoms with Gasteiger partial charge in [-0.3, -0.25) is 29.2 Å². The predicted octanol–water partition coefficient (Wildman–Crippen LogP) is -3.23. The normalized spacial score (nSPS) is 13.3. The molecule has 18 nitrogen and oxygen atoms in total. The van der Waals surface area contributed by atoms with Crippen molar-refractivity contribution in [2.45, 2.75) is 69.1 Å². The minimum Gasteiger partial charge on any atom is -0.508 e. The van der Waals surface area contributed by atoms with Crippen LogP contribution in [-0.4, -0.2) is 94.2 Å². The molecule has 0 aromatic heterocycles. The Bertz CT molecular complexity index is 1180. The maximum Gasteiger partial charge on any atom is 0.326 e. The number of nitrogens with two attached hydrogens (primary N) is 5. The van der Waals surface area contributed by atoms with Gasteiger partial charge in [0, 0.05) is 25.9 Å². The van der Waals surface area contributed by atoms with E-state index in [4.69, 9.17) is 33.8 Å². The fraction of sp³-hybridized carbons (Fsp3) is 0.500. The number of amides is 3. The Morgan fingerprint density at radius 2 is 1.18 bits per heavy atom. The molecule has 0 spiro atoms. The van der Waals surface area contributed by atoms with E-state index in [-0.39, 0.29) is 62.9 Å². The number of aliphatic carboxylic acids is 2. The third-order valence-electron chi connectivity index (χ3n) is 6.15. The van der Waals surface area contributed by atoms with E-state index in [9.17, 15) is 34.2 Å². The maximum absolute atomic E-state index is 13.3. The first-order valence-electron chi connectivity index (χ1n) is 13.7. The molecule has 1 aromatic rings. The molecule has 0 heterocycles. The highest BCUT2D eigenvalue weighted by atomic mass is 16.4. The molecule has 16 N–H and O–H groups in total. The summed E-state index contributed by atoms with van der Waals surface area (Å²) in [4.78, 5) is 69.9. The zero-order valence-corrected chi connectivity index (χ0v) is 24.1. The highest BCUT2D eigenvalue weighted by molar-refractivity contribution is 5.94. The van der Waals surface area contributed by atoms with E-state index in [0.29, 0.717) is 12.0 Å². The van der Waals surface area contributed by atoms with E-state index in [1.807, 2.05) is 0 Å². The lowest BCUT2D eigenvalue weighted by atomic mass is 10.0. The number of phenols is 1. The zero-order chi connectivity index (χ0) is 33.2. The van der Waals surface area contributed by atoms with Crippen molar-refractivity contribution in [2.75, 3.05) is 13.1 Å². The molecule has 0 aliphatic heterocycles. The number of carbonyl (C=O) groups is 5. The summed E-state index contributed by atoms with van der Waals surface area (Å²) >= 11 is 0. The molecule has 0 radical (unpaired) electrons. The van der Waals surface area contributed by atoms with Crippen molar-refractivity contribution >= 4 is 41.6 Å². The van der Waals surface area contributed by atoms with Crippen LogP contribution in [0, 0.1) is 0 Å². The van der Waals surface area contributed by atoms with Gasteiger partial charge in [-0.2, -0.15) is 0 Å². The molecule has 18 heteroatoms. The number of rotatable bonds is 20. The van der Waals surface area contributed by atoms with Gasteiger partial charge in [0.05, 0.1) is 6.04 Å². The van der Waals surface area contributed by atoms with Crippen LogP contribution in [0.4, 0.5) is 0 Å². The Labute approximate surface area is 253 Å². The molecular weight excluding hydrogens is 580 g/mol. The van der Waals surface area contributed by atoms with Gasteiger partial charge < -0.3 is 59.9 Å². The number of nitrogens with one attached hydrogen (secondary N) is 3. The quantitative estimate of drug-likeness (QED) is 0.0387. The van der Waals surface area contributed by atoms with Crippen LogP contribution in [0.5, 0.6) is 5.75 Å². The third kappa shape index (κ3) is 15.2. The number of benzene rings is 1. The number of nitrogens with zero attached hydrogens (tertiary/aromatic N) is 2. The Morgan fingerprint density at radius 1 is 0.705 bits per heavy atom. The lowest BCUT2D eigenvalue weighted by molar-refractivity contribution is -0.142. The average molecular weight is 623 g/mol. The van der Waals surface area contributed by atoms with Crippen molar-refractivity contribution in [3.8, 4) is 5.75 Å². The Morgan fingerprint density at radius 3 is 1.68 bits per heavy atom. The van der Waals surface area contributed by atoms with Crippen LogP contribution in [0.25, 0.3) is 0 Å². The highest BCUT2D eigenvalue weighted by Crippen LogP contribution is 2.12. The number of hydrogen-bond acceptors (Lipinski definition) is 9. The van der Waals surface area contributed by atoms with E-state index in [1.54, 1.807) is 0 Å². The standard InChI is InChI=1S/C26H42N10O8/c27-16(3-1-11-32-25(28)29)21(40)34-18(9-10-20(38)39)23(42)35-17(4-2-12-33-26(30)31)22(41)36-19(24(43)44)13-14-5-7-15(37)8-6-14/h5-8,16-19,37H,1-4,9-13,27H2,(H,34,40)(H,35,42)(H,36,41)(H,38,39)(H,43,44)(H4,28,29,32)(H4,30,31,33). The van der Waals surface area contributed by atoms with E-state index < -0.39 is 60.2 Å². The largest absolute Gasteiger partial charge is 0.508 e. The van der Waals surface area contributed by atoms with Crippen molar-refractivity contribution in [3.63, 3.8) is 0 Å². The minimum absolute atomic E-state index is 0.0235. The van der Waals surface area contributed by atoms with E-state index in [2.05, 4.69) is 25.9 Å². The van der Waals surface area contributed by atoms with Crippen LogP contribution in [0.15, 0.2) is 34.3 Å². The van der Waals surface area contributed by atoms with E-state index in [0.717, 1.165) is 0 Å². The Hall–Kier alpha value is -5.13. The Kier molecular flexibility index (Phi) is 16.0. The lowest BCUT2D eigenvalue weighted by Crippen LogP contribution is -2.57. The maximum atomic E-state index is 13.3. The van der Waals surface area contributed by atoms with Gasteiger partial charge in [0.1, 0.15) is 23.9 Å². The van der Waals surface area contributed by atoms with Crippen LogP contribution in [0.3, 0.4) is 0 Å². The first-order chi connectivity index (χ1) is 20.7. The number of hydrogen-bond donors (Lipinski definition) is 11. The molecule has 1 aromatic carbocycles. The second kappa shape index (κ2) is 19.1. The van der Waals surface area contributed by atoms with Gasteiger partial charge in [0.15, 0.2) is 11.9 Å². The van der Waals surface area contributed by atoms with Crippen LogP contribution in [0.2, 0.25) is 0 Å². The fourth-order valence-electron chi connectivity index (χ4n) is 3.85. The number of carboxylic acid groups (broad SMARTS) is 2. The minimum atomic E-state index is -1.40. The number of aliphatic imine (C=N–C) groups is 2. The monoisotopic (exact) mass is 622 g/mol. The van der Waals surface area contributed by atoms with Gasteiger partial charge in [0.25, 0.3) is 0 Å². The molecular formula is C26H42N10O8. The summed E-state index contributed by atoms with van der Waals surface area (Å²) in [6.45, 7) is 0.304. The average Bonchev–Trinajstić information content (AvgIpc) is 2.94. The third-order valence-corrected chi connectivity index (χ3v) is 6.15. The fourth-order valence-corrected chi connectivity index (χ4v) is 3.85. The van der Waals surface area contributed by atoms with Crippen molar-refractivity contribution in [1.29, 1.82) is 0 Å². The lowest BCUT2D eigenvalue weighted by Gasteiger charge is -2.25. The molecule has 44 heavy (non-hydrogen) atoms.